The minimum absolute atomic E-state index is 0.0401. The van der Waals surface area contributed by atoms with Crippen LogP contribution in [-0.2, 0) is 15.2 Å². The van der Waals surface area contributed by atoms with Crippen LogP contribution < -0.4 is 0 Å². The van der Waals surface area contributed by atoms with Gasteiger partial charge in [-0.2, -0.15) is 0 Å². The predicted molar refractivity (Wildman–Crippen MR) is 136 cm³/mol. The molecule has 1 spiro atoms. The summed E-state index contributed by atoms with van der Waals surface area (Å²) in [5.41, 5.74) is 2.34. The molecule has 2 fully saturated rings. The van der Waals surface area contributed by atoms with Crippen LogP contribution in [0.5, 0.6) is 0 Å². The van der Waals surface area contributed by atoms with Gasteiger partial charge in [0.25, 0.3) is 5.91 Å². The number of pyridine rings is 1. The van der Waals surface area contributed by atoms with Crippen molar-refractivity contribution < 1.29 is 14.3 Å². The summed E-state index contributed by atoms with van der Waals surface area (Å²) in [5.74, 6) is 0.775. The Labute approximate surface area is 216 Å². The Kier molecular flexibility index (Phi) is 6.53. The van der Waals surface area contributed by atoms with Crippen molar-refractivity contribution in [1.82, 2.24) is 29.6 Å². The first-order valence-electron chi connectivity index (χ1n) is 11.8. The first-order chi connectivity index (χ1) is 17.7. The van der Waals surface area contributed by atoms with E-state index in [2.05, 4.69) is 20.2 Å². The van der Waals surface area contributed by atoms with Gasteiger partial charge in [0.15, 0.2) is 16.8 Å². The smallest absolute Gasteiger partial charge is 0.273 e. The van der Waals surface area contributed by atoms with Gasteiger partial charge < -0.3 is 14.4 Å². The fourth-order valence-corrected chi connectivity index (χ4v) is 6.19. The monoisotopic (exact) mass is 520 g/mol. The molecule has 0 atom stereocenters. The lowest BCUT2D eigenvalue weighted by molar-refractivity contribution is -0.181. The molecule has 3 aromatic heterocycles. The standard InChI is InChI=1S/C25H24N6O3S2/c32-23(30-11-8-25(9-12-30)33-13-14-34-25)20-16-35-21(27-20)17-36-24-29-28-22(18-5-4-10-26-15-18)31(24)19-6-2-1-3-7-19/h1-7,10,15-16H,8-9,11-14,17H2. The van der Waals surface area contributed by atoms with Gasteiger partial charge in [0.1, 0.15) is 10.7 Å². The number of hydrogen-bond donors (Lipinski definition) is 0. The quantitative estimate of drug-likeness (QED) is 0.351. The number of para-hydroxylation sites is 1. The van der Waals surface area contributed by atoms with Crippen LogP contribution in [-0.4, -0.2) is 67.6 Å². The van der Waals surface area contributed by atoms with E-state index in [9.17, 15) is 4.79 Å². The number of hydrogen-bond acceptors (Lipinski definition) is 9. The summed E-state index contributed by atoms with van der Waals surface area (Å²) in [7, 11) is 0. The number of carbonyl (C=O) groups excluding carboxylic acids is 1. The van der Waals surface area contributed by atoms with Gasteiger partial charge >= 0.3 is 0 Å². The molecule has 36 heavy (non-hydrogen) atoms. The van der Waals surface area contributed by atoms with E-state index in [4.69, 9.17) is 9.47 Å². The largest absolute Gasteiger partial charge is 0.347 e. The molecule has 4 aromatic rings. The van der Waals surface area contributed by atoms with Crippen LogP contribution in [0.15, 0.2) is 65.4 Å². The molecule has 11 heteroatoms. The summed E-state index contributed by atoms with van der Waals surface area (Å²) in [6.07, 6.45) is 4.91. The van der Waals surface area contributed by atoms with E-state index in [1.165, 1.54) is 11.3 Å². The van der Waals surface area contributed by atoms with Crippen molar-refractivity contribution in [3.05, 3.63) is 70.9 Å². The number of piperidine rings is 1. The molecule has 0 saturated carbocycles. The Balaban J connectivity index is 1.16. The van der Waals surface area contributed by atoms with Gasteiger partial charge in [0, 0.05) is 55.0 Å². The van der Waals surface area contributed by atoms with Crippen molar-refractivity contribution in [2.24, 2.45) is 0 Å². The van der Waals surface area contributed by atoms with Crippen molar-refractivity contribution >= 4 is 29.0 Å². The van der Waals surface area contributed by atoms with E-state index in [-0.39, 0.29) is 5.91 Å². The van der Waals surface area contributed by atoms with Gasteiger partial charge in [0.2, 0.25) is 0 Å². The summed E-state index contributed by atoms with van der Waals surface area (Å²) in [6.45, 7) is 2.47. The van der Waals surface area contributed by atoms with E-state index >= 15 is 0 Å². The zero-order valence-corrected chi connectivity index (χ0v) is 21.1. The fourth-order valence-electron chi connectivity index (χ4n) is 4.46. The molecule has 0 aliphatic carbocycles. The predicted octanol–water partition coefficient (Wildman–Crippen LogP) is 4.06. The third kappa shape index (κ3) is 4.66. The van der Waals surface area contributed by atoms with E-state index in [1.807, 2.05) is 57.3 Å². The molecule has 2 aliphatic rings. The van der Waals surface area contributed by atoms with Crippen LogP contribution in [0, 0.1) is 0 Å². The highest BCUT2D eigenvalue weighted by atomic mass is 32.2. The lowest BCUT2D eigenvalue weighted by atomic mass is 10.0. The van der Waals surface area contributed by atoms with Gasteiger partial charge in [-0.1, -0.05) is 30.0 Å². The Morgan fingerprint density at radius 2 is 1.86 bits per heavy atom. The second kappa shape index (κ2) is 10.1. The maximum absolute atomic E-state index is 13.0. The zero-order valence-electron chi connectivity index (χ0n) is 19.4. The van der Waals surface area contributed by atoms with Crippen LogP contribution in [0.4, 0.5) is 0 Å². The van der Waals surface area contributed by atoms with Crippen molar-refractivity contribution in [2.75, 3.05) is 26.3 Å². The third-order valence-corrected chi connectivity index (χ3v) is 8.26. The molecule has 0 N–H and O–H groups in total. The molecule has 5 heterocycles. The number of ether oxygens (including phenoxy) is 2. The van der Waals surface area contributed by atoms with E-state index in [0.29, 0.717) is 50.6 Å². The number of rotatable bonds is 6. The Hall–Kier alpha value is -3.12. The Bertz CT molecular complexity index is 1330. The summed E-state index contributed by atoms with van der Waals surface area (Å²) < 4.78 is 13.6. The average molecular weight is 521 g/mol. The lowest BCUT2D eigenvalue weighted by Gasteiger charge is -2.37. The third-order valence-electron chi connectivity index (χ3n) is 6.29. The van der Waals surface area contributed by atoms with Crippen molar-refractivity contribution in [1.29, 1.82) is 0 Å². The second-order valence-corrected chi connectivity index (χ2v) is 10.4. The molecular weight excluding hydrogens is 496 g/mol. The van der Waals surface area contributed by atoms with Crippen LogP contribution >= 0.6 is 23.1 Å². The van der Waals surface area contributed by atoms with Crippen molar-refractivity contribution in [3.63, 3.8) is 0 Å². The first-order valence-corrected chi connectivity index (χ1v) is 13.6. The highest BCUT2D eigenvalue weighted by Gasteiger charge is 2.41. The first kappa shape index (κ1) is 23.3. The highest BCUT2D eigenvalue weighted by molar-refractivity contribution is 7.98. The number of carbonyl (C=O) groups is 1. The van der Waals surface area contributed by atoms with Gasteiger partial charge in [0.05, 0.1) is 19.0 Å². The Morgan fingerprint density at radius 1 is 1.06 bits per heavy atom. The summed E-state index contributed by atoms with van der Waals surface area (Å²) in [4.78, 5) is 23.7. The van der Waals surface area contributed by atoms with Crippen LogP contribution in [0.3, 0.4) is 0 Å². The summed E-state index contributed by atoms with van der Waals surface area (Å²) in [5, 5.41) is 12.4. The summed E-state index contributed by atoms with van der Waals surface area (Å²) in [6, 6.07) is 13.9. The van der Waals surface area contributed by atoms with Crippen LogP contribution in [0.25, 0.3) is 17.1 Å². The average Bonchev–Trinajstić information content (AvgIpc) is 3.69. The molecule has 1 aromatic carbocycles. The van der Waals surface area contributed by atoms with Gasteiger partial charge in [-0.05, 0) is 24.3 Å². The highest BCUT2D eigenvalue weighted by Crippen LogP contribution is 2.33. The molecule has 0 unspecified atom stereocenters. The fraction of sp³-hybridized carbons (Fsp3) is 0.320. The molecule has 6 rings (SSSR count). The van der Waals surface area contributed by atoms with Crippen LogP contribution in [0.2, 0.25) is 0 Å². The zero-order chi connectivity index (χ0) is 24.4. The lowest BCUT2D eigenvalue weighted by Crippen LogP contribution is -2.47. The van der Waals surface area contributed by atoms with E-state index in [0.717, 1.165) is 27.2 Å². The number of thiazole rings is 1. The van der Waals surface area contributed by atoms with E-state index < -0.39 is 5.79 Å². The maximum Gasteiger partial charge on any atom is 0.273 e. The molecule has 2 saturated heterocycles. The molecule has 0 bridgehead atoms. The minimum atomic E-state index is -0.496. The normalized spacial score (nSPS) is 17.1. The number of nitrogens with zero attached hydrogens (tertiary/aromatic N) is 6. The molecule has 1 amide bonds. The molecule has 9 nitrogen and oxygen atoms in total. The maximum atomic E-state index is 13.0. The molecular formula is C25H24N6O3S2. The van der Waals surface area contributed by atoms with Gasteiger partial charge in [-0.15, -0.1) is 21.5 Å². The minimum Gasteiger partial charge on any atom is -0.347 e. The van der Waals surface area contributed by atoms with Gasteiger partial charge in [-0.25, -0.2) is 4.98 Å². The second-order valence-electron chi connectivity index (χ2n) is 8.53. The molecule has 184 valence electrons. The van der Waals surface area contributed by atoms with Crippen molar-refractivity contribution in [2.45, 2.75) is 29.5 Å². The SMILES string of the molecule is O=C(c1csc(CSc2nnc(-c3cccnc3)n2-c2ccccc2)n1)N1CCC2(CC1)OCCO2. The van der Waals surface area contributed by atoms with Gasteiger partial charge in [-0.3, -0.25) is 14.3 Å². The number of benzene rings is 1. The van der Waals surface area contributed by atoms with Crippen molar-refractivity contribution in [3.8, 4) is 17.1 Å². The van der Waals surface area contributed by atoms with E-state index in [1.54, 1.807) is 24.2 Å². The number of likely N-dealkylation sites (tertiary alicyclic amines) is 1. The summed E-state index contributed by atoms with van der Waals surface area (Å²) >= 11 is 3.03. The Morgan fingerprint density at radius 3 is 2.61 bits per heavy atom. The topological polar surface area (TPSA) is 95.3 Å². The number of thioether (sulfide) groups is 1. The number of amides is 1. The molecule has 0 radical (unpaired) electrons. The molecule has 2 aliphatic heterocycles. The van der Waals surface area contributed by atoms with Crippen LogP contribution in [0.1, 0.15) is 28.3 Å². The number of aromatic nitrogens is 5.